The Balaban J connectivity index is 1.33. The third kappa shape index (κ3) is 4.11. The van der Waals surface area contributed by atoms with Gasteiger partial charge in [0.1, 0.15) is 11.5 Å². The third-order valence-corrected chi connectivity index (χ3v) is 5.67. The predicted molar refractivity (Wildman–Crippen MR) is 116 cm³/mol. The molecule has 0 radical (unpaired) electrons. The molecule has 29 heavy (non-hydrogen) atoms. The molecule has 0 aliphatic carbocycles. The standard InChI is InChI=1S/C23H29N3O3/c1-3-26(4-2)18-7-5-17(6-8-18)25-23(27)24-12-9-20-19-11-14-28-21(19)15-16-10-13-29-22(16)20/h5-8,15H,3-4,9-14H2,1-2H3,(H2,24,25,27). The van der Waals surface area contributed by atoms with Crippen molar-refractivity contribution < 1.29 is 14.3 Å². The normalized spacial score (nSPS) is 13.9. The van der Waals surface area contributed by atoms with Crippen LogP contribution in [0.3, 0.4) is 0 Å². The topological polar surface area (TPSA) is 62.8 Å². The average molecular weight is 396 g/mol. The molecular weight excluding hydrogens is 366 g/mol. The fourth-order valence-corrected chi connectivity index (χ4v) is 4.17. The molecule has 2 aromatic rings. The van der Waals surface area contributed by atoms with Crippen molar-refractivity contribution in [3.63, 3.8) is 0 Å². The number of rotatable bonds is 7. The van der Waals surface area contributed by atoms with E-state index in [0.717, 1.165) is 68.4 Å². The highest BCUT2D eigenvalue weighted by molar-refractivity contribution is 5.89. The first kappa shape index (κ1) is 19.4. The molecule has 0 unspecified atom stereocenters. The number of nitrogens with one attached hydrogen (secondary N) is 2. The fraction of sp³-hybridized carbons (Fsp3) is 0.435. The molecule has 0 atom stereocenters. The number of ether oxygens (including phenoxy) is 2. The molecular formula is C23H29N3O3. The first-order chi connectivity index (χ1) is 14.2. The SMILES string of the molecule is CCN(CC)c1ccc(NC(=O)NCCc2c3c(cc4c2OCC4)OCC3)cc1. The van der Waals surface area contributed by atoms with E-state index in [0.29, 0.717) is 6.54 Å². The molecule has 4 rings (SSSR count). The summed E-state index contributed by atoms with van der Waals surface area (Å²) >= 11 is 0. The number of amides is 2. The Morgan fingerprint density at radius 1 is 1.07 bits per heavy atom. The number of nitrogens with zero attached hydrogens (tertiary/aromatic N) is 1. The Labute approximate surface area is 172 Å². The minimum Gasteiger partial charge on any atom is -0.493 e. The summed E-state index contributed by atoms with van der Waals surface area (Å²) in [6.45, 7) is 8.20. The number of carbonyl (C=O) groups excluding carboxylic acids is 1. The van der Waals surface area contributed by atoms with Crippen molar-refractivity contribution in [3.05, 3.63) is 47.0 Å². The van der Waals surface area contributed by atoms with Crippen LogP contribution in [-0.4, -0.2) is 38.9 Å². The number of benzene rings is 2. The van der Waals surface area contributed by atoms with Gasteiger partial charge < -0.3 is 25.0 Å². The first-order valence-corrected chi connectivity index (χ1v) is 10.5. The molecule has 0 spiro atoms. The number of fused-ring (bicyclic) bond motifs is 2. The number of anilines is 2. The van der Waals surface area contributed by atoms with Crippen molar-refractivity contribution in [2.75, 3.05) is 43.1 Å². The molecule has 154 valence electrons. The van der Waals surface area contributed by atoms with Gasteiger partial charge in [-0.25, -0.2) is 4.79 Å². The van der Waals surface area contributed by atoms with Gasteiger partial charge in [-0.2, -0.15) is 0 Å². The molecule has 2 heterocycles. The quantitative estimate of drug-likeness (QED) is 0.749. The van der Waals surface area contributed by atoms with Crippen molar-refractivity contribution in [2.45, 2.75) is 33.1 Å². The van der Waals surface area contributed by atoms with Crippen LogP contribution >= 0.6 is 0 Å². The second kappa shape index (κ2) is 8.64. The maximum absolute atomic E-state index is 12.3. The summed E-state index contributed by atoms with van der Waals surface area (Å²) in [6, 6.07) is 9.88. The van der Waals surface area contributed by atoms with Gasteiger partial charge in [0.25, 0.3) is 0 Å². The average Bonchev–Trinajstić information content (AvgIpc) is 3.39. The van der Waals surface area contributed by atoms with Crippen molar-refractivity contribution in [1.29, 1.82) is 0 Å². The van der Waals surface area contributed by atoms with E-state index in [2.05, 4.69) is 35.4 Å². The second-order valence-corrected chi connectivity index (χ2v) is 7.37. The predicted octanol–water partition coefficient (Wildman–Crippen LogP) is 3.77. The van der Waals surface area contributed by atoms with Crippen molar-refractivity contribution in [2.24, 2.45) is 0 Å². The Morgan fingerprint density at radius 2 is 1.83 bits per heavy atom. The van der Waals surface area contributed by atoms with E-state index < -0.39 is 0 Å². The van der Waals surface area contributed by atoms with Crippen LogP contribution in [0.5, 0.6) is 11.5 Å². The van der Waals surface area contributed by atoms with Gasteiger partial charge >= 0.3 is 6.03 Å². The highest BCUT2D eigenvalue weighted by Gasteiger charge is 2.26. The zero-order valence-corrected chi connectivity index (χ0v) is 17.2. The van der Waals surface area contributed by atoms with Gasteiger partial charge in [0.05, 0.1) is 13.2 Å². The van der Waals surface area contributed by atoms with Crippen LogP contribution < -0.4 is 25.0 Å². The largest absolute Gasteiger partial charge is 0.493 e. The zero-order chi connectivity index (χ0) is 20.2. The highest BCUT2D eigenvalue weighted by Crippen LogP contribution is 2.40. The number of hydrogen-bond acceptors (Lipinski definition) is 4. The molecule has 0 bridgehead atoms. The molecule has 0 saturated carbocycles. The van der Waals surface area contributed by atoms with E-state index in [9.17, 15) is 4.79 Å². The Morgan fingerprint density at radius 3 is 2.59 bits per heavy atom. The van der Waals surface area contributed by atoms with E-state index >= 15 is 0 Å². The van der Waals surface area contributed by atoms with Crippen LogP contribution in [0.15, 0.2) is 30.3 Å². The van der Waals surface area contributed by atoms with E-state index in [-0.39, 0.29) is 6.03 Å². The van der Waals surface area contributed by atoms with Crippen LogP contribution in [0, 0.1) is 0 Å². The summed E-state index contributed by atoms with van der Waals surface area (Å²) in [5.74, 6) is 1.99. The van der Waals surface area contributed by atoms with Crippen LogP contribution in [-0.2, 0) is 19.3 Å². The lowest BCUT2D eigenvalue weighted by Gasteiger charge is -2.21. The molecule has 0 saturated heterocycles. The molecule has 6 nitrogen and oxygen atoms in total. The monoisotopic (exact) mass is 395 g/mol. The lowest BCUT2D eigenvalue weighted by atomic mass is 9.97. The van der Waals surface area contributed by atoms with Gasteiger partial charge in [-0.15, -0.1) is 0 Å². The summed E-state index contributed by atoms with van der Waals surface area (Å²) in [7, 11) is 0. The lowest BCUT2D eigenvalue weighted by molar-refractivity contribution is 0.252. The van der Waals surface area contributed by atoms with Gasteiger partial charge in [-0.3, -0.25) is 0 Å². The maximum atomic E-state index is 12.3. The third-order valence-electron chi connectivity index (χ3n) is 5.67. The van der Waals surface area contributed by atoms with Gasteiger partial charge in [0.15, 0.2) is 0 Å². The first-order valence-electron chi connectivity index (χ1n) is 10.5. The summed E-state index contributed by atoms with van der Waals surface area (Å²) in [6.07, 6.45) is 2.58. The van der Waals surface area contributed by atoms with Gasteiger partial charge in [-0.1, -0.05) is 0 Å². The van der Waals surface area contributed by atoms with Gasteiger partial charge in [-0.05, 0) is 50.6 Å². The maximum Gasteiger partial charge on any atom is 0.319 e. The van der Waals surface area contributed by atoms with Crippen molar-refractivity contribution >= 4 is 17.4 Å². The van der Waals surface area contributed by atoms with Crippen LogP contribution in [0.2, 0.25) is 0 Å². The smallest absolute Gasteiger partial charge is 0.319 e. The fourth-order valence-electron chi connectivity index (χ4n) is 4.17. The van der Waals surface area contributed by atoms with E-state index in [1.165, 1.54) is 16.7 Å². The molecule has 6 heteroatoms. The van der Waals surface area contributed by atoms with Crippen LogP contribution in [0.25, 0.3) is 0 Å². The van der Waals surface area contributed by atoms with Crippen molar-refractivity contribution in [1.82, 2.24) is 5.32 Å². The molecule has 0 fully saturated rings. The van der Waals surface area contributed by atoms with Crippen LogP contribution in [0.1, 0.15) is 30.5 Å². The molecule has 2 aliphatic heterocycles. The van der Waals surface area contributed by atoms with E-state index in [1.807, 2.05) is 24.3 Å². The second-order valence-electron chi connectivity index (χ2n) is 7.37. The van der Waals surface area contributed by atoms with Gasteiger partial charge in [0, 0.05) is 60.5 Å². The molecule has 2 aliphatic rings. The van der Waals surface area contributed by atoms with E-state index in [4.69, 9.17) is 9.47 Å². The molecule has 2 amide bonds. The van der Waals surface area contributed by atoms with Crippen molar-refractivity contribution in [3.8, 4) is 11.5 Å². The number of hydrogen-bond donors (Lipinski definition) is 2. The number of urea groups is 1. The molecule has 2 N–H and O–H groups in total. The molecule has 2 aromatic carbocycles. The summed E-state index contributed by atoms with van der Waals surface area (Å²) in [5, 5.41) is 5.88. The van der Waals surface area contributed by atoms with E-state index in [1.54, 1.807) is 0 Å². The summed E-state index contributed by atoms with van der Waals surface area (Å²) in [5.41, 5.74) is 5.60. The van der Waals surface area contributed by atoms with Crippen LogP contribution in [0.4, 0.5) is 16.2 Å². The highest BCUT2D eigenvalue weighted by atomic mass is 16.5. The zero-order valence-electron chi connectivity index (χ0n) is 17.2. The molecule has 0 aromatic heterocycles. The Hall–Kier alpha value is -2.89. The Bertz CT molecular complexity index is 844. The summed E-state index contributed by atoms with van der Waals surface area (Å²) in [4.78, 5) is 14.6. The Kier molecular flexibility index (Phi) is 5.79. The summed E-state index contributed by atoms with van der Waals surface area (Å²) < 4.78 is 11.6. The lowest BCUT2D eigenvalue weighted by Crippen LogP contribution is -2.30. The van der Waals surface area contributed by atoms with Gasteiger partial charge in [0.2, 0.25) is 0 Å². The minimum atomic E-state index is -0.193. The number of carbonyl (C=O) groups is 1. The minimum absolute atomic E-state index is 0.193.